The summed E-state index contributed by atoms with van der Waals surface area (Å²) < 4.78 is 5.03. The highest BCUT2D eigenvalue weighted by Gasteiger charge is 2.30. The molecule has 0 unspecified atom stereocenters. The molecule has 0 saturated heterocycles. The molecule has 3 N–H and O–H groups in total. The van der Waals surface area contributed by atoms with Crippen LogP contribution in [0.25, 0.3) is 0 Å². The average Bonchev–Trinajstić information content (AvgIpc) is 2.31. The van der Waals surface area contributed by atoms with E-state index in [1.54, 1.807) is 6.08 Å². The van der Waals surface area contributed by atoms with Crippen LogP contribution in [0.2, 0.25) is 0 Å². The lowest BCUT2D eigenvalue weighted by molar-refractivity contribution is -0.169. The summed E-state index contributed by atoms with van der Waals surface area (Å²) in [5.41, 5.74) is 0. The van der Waals surface area contributed by atoms with Crippen molar-refractivity contribution in [2.75, 3.05) is 0 Å². The number of allylic oxidation sites excluding steroid dienone is 1. The summed E-state index contributed by atoms with van der Waals surface area (Å²) in [6.07, 6.45) is 0.857. The van der Waals surface area contributed by atoms with E-state index in [0.717, 1.165) is 0 Å². The number of cyclic esters (lactones) is 1. The van der Waals surface area contributed by atoms with Crippen LogP contribution < -0.4 is 0 Å². The van der Waals surface area contributed by atoms with Crippen molar-refractivity contribution in [1.82, 2.24) is 0 Å². The van der Waals surface area contributed by atoms with Gasteiger partial charge in [0.2, 0.25) is 0 Å². The predicted octanol–water partition coefficient (Wildman–Crippen LogP) is 0.131. The van der Waals surface area contributed by atoms with Crippen molar-refractivity contribution in [3.63, 3.8) is 0 Å². The Kier molecular flexibility index (Phi) is 5.61. The van der Waals surface area contributed by atoms with Crippen molar-refractivity contribution >= 4 is 5.97 Å². The summed E-state index contributed by atoms with van der Waals surface area (Å²) in [6, 6.07) is 0. The molecule has 0 spiro atoms. The number of ether oxygens (including phenoxy) is 1. The van der Waals surface area contributed by atoms with Crippen LogP contribution in [0, 0.1) is 0 Å². The van der Waals surface area contributed by atoms with Gasteiger partial charge in [-0.2, -0.15) is 0 Å². The minimum absolute atomic E-state index is 0.261. The molecule has 0 bridgehead atoms. The lowest BCUT2D eigenvalue weighted by Crippen LogP contribution is -2.41. The molecule has 17 heavy (non-hydrogen) atoms. The molecule has 0 aromatic rings. The van der Waals surface area contributed by atoms with Crippen LogP contribution >= 0.6 is 0 Å². The maximum Gasteiger partial charge on any atom is 0.335 e. The predicted molar refractivity (Wildman–Crippen MR) is 61.2 cm³/mol. The van der Waals surface area contributed by atoms with Crippen molar-refractivity contribution in [2.45, 2.75) is 57.0 Å². The van der Waals surface area contributed by atoms with Gasteiger partial charge in [0.15, 0.2) is 6.10 Å². The first-order chi connectivity index (χ1) is 8.06. The Morgan fingerprint density at radius 3 is 2.76 bits per heavy atom. The Hall–Kier alpha value is -0.910. The first-order valence-corrected chi connectivity index (χ1v) is 5.97. The highest BCUT2D eigenvalue weighted by Crippen LogP contribution is 2.16. The van der Waals surface area contributed by atoms with Gasteiger partial charge >= 0.3 is 5.97 Å². The normalized spacial score (nSPS) is 37.3. The molecule has 5 nitrogen and oxygen atoms in total. The van der Waals surface area contributed by atoms with Gasteiger partial charge in [-0.15, -0.1) is 0 Å². The van der Waals surface area contributed by atoms with Crippen LogP contribution in [0.5, 0.6) is 0 Å². The maximum absolute atomic E-state index is 11.5. The van der Waals surface area contributed by atoms with Gasteiger partial charge in [-0.05, 0) is 19.3 Å². The van der Waals surface area contributed by atoms with E-state index in [2.05, 4.69) is 0 Å². The largest absolute Gasteiger partial charge is 0.458 e. The summed E-state index contributed by atoms with van der Waals surface area (Å²) in [4.78, 5) is 11.5. The first kappa shape index (κ1) is 14.2. The minimum atomic E-state index is -1.17. The van der Waals surface area contributed by atoms with Crippen molar-refractivity contribution in [3.05, 3.63) is 12.2 Å². The highest BCUT2D eigenvalue weighted by atomic mass is 16.6. The average molecular weight is 244 g/mol. The fourth-order valence-electron chi connectivity index (χ4n) is 1.75. The standard InChI is InChI=1S/C12H20O5/c1-2-5-10-11(15)8(13)6-3-4-7-9(14)12(16)17-10/h3,6,8-11,13-15H,2,4-5,7H2,1H3/b6-3+/t8-,9-,10+,11+/m1/s1. The summed E-state index contributed by atoms with van der Waals surface area (Å²) in [5.74, 6) is -0.731. The number of aliphatic hydroxyl groups is 3. The Labute approximate surface area is 101 Å². The minimum Gasteiger partial charge on any atom is -0.458 e. The van der Waals surface area contributed by atoms with E-state index in [9.17, 15) is 20.1 Å². The molecule has 0 aliphatic carbocycles. The molecule has 0 radical (unpaired) electrons. The number of carbonyl (C=O) groups is 1. The number of esters is 1. The lowest BCUT2D eigenvalue weighted by atomic mass is 10.0. The fourth-order valence-corrected chi connectivity index (χ4v) is 1.75. The van der Waals surface area contributed by atoms with E-state index in [1.807, 2.05) is 6.92 Å². The van der Waals surface area contributed by atoms with E-state index in [-0.39, 0.29) is 6.42 Å². The van der Waals surface area contributed by atoms with E-state index in [0.29, 0.717) is 19.3 Å². The zero-order valence-electron chi connectivity index (χ0n) is 9.95. The quantitative estimate of drug-likeness (QED) is 0.475. The van der Waals surface area contributed by atoms with Gasteiger partial charge in [-0.25, -0.2) is 4.79 Å². The lowest BCUT2D eigenvalue weighted by Gasteiger charge is -2.27. The Bertz CT molecular complexity index is 276. The van der Waals surface area contributed by atoms with Crippen molar-refractivity contribution < 1.29 is 24.9 Å². The van der Waals surface area contributed by atoms with Crippen LogP contribution in [0.4, 0.5) is 0 Å². The molecule has 4 atom stereocenters. The Morgan fingerprint density at radius 2 is 2.12 bits per heavy atom. The maximum atomic E-state index is 11.5. The number of hydrogen-bond donors (Lipinski definition) is 3. The van der Waals surface area contributed by atoms with Crippen molar-refractivity contribution in [3.8, 4) is 0 Å². The van der Waals surface area contributed by atoms with E-state index in [4.69, 9.17) is 4.74 Å². The summed E-state index contributed by atoms with van der Waals surface area (Å²) in [7, 11) is 0. The van der Waals surface area contributed by atoms with Crippen molar-refractivity contribution in [1.29, 1.82) is 0 Å². The van der Waals surface area contributed by atoms with E-state index < -0.39 is 30.4 Å². The fraction of sp³-hybridized carbons (Fsp3) is 0.750. The molecular formula is C12H20O5. The number of carbonyl (C=O) groups excluding carboxylic acids is 1. The second-order valence-corrected chi connectivity index (χ2v) is 4.27. The van der Waals surface area contributed by atoms with Gasteiger partial charge in [-0.1, -0.05) is 25.5 Å². The number of rotatable bonds is 2. The van der Waals surface area contributed by atoms with Crippen LogP contribution in [0.15, 0.2) is 12.2 Å². The molecule has 0 aromatic heterocycles. The smallest absolute Gasteiger partial charge is 0.335 e. The second-order valence-electron chi connectivity index (χ2n) is 4.27. The van der Waals surface area contributed by atoms with Gasteiger partial charge in [0.1, 0.15) is 18.3 Å². The zero-order chi connectivity index (χ0) is 12.8. The molecule has 1 heterocycles. The molecule has 1 aliphatic rings. The third kappa shape index (κ3) is 4.11. The molecule has 1 aliphatic heterocycles. The second kappa shape index (κ2) is 6.74. The first-order valence-electron chi connectivity index (χ1n) is 5.97. The number of hydrogen-bond acceptors (Lipinski definition) is 5. The molecule has 0 saturated carbocycles. The van der Waals surface area contributed by atoms with Gasteiger partial charge < -0.3 is 20.1 Å². The third-order valence-corrected chi connectivity index (χ3v) is 2.78. The Morgan fingerprint density at radius 1 is 1.41 bits per heavy atom. The monoisotopic (exact) mass is 244 g/mol. The summed E-state index contributed by atoms with van der Waals surface area (Å²) in [6.45, 7) is 1.89. The molecule has 0 amide bonds. The van der Waals surface area contributed by atoms with Gasteiger partial charge in [0, 0.05) is 0 Å². The summed E-state index contributed by atoms with van der Waals surface area (Å²) >= 11 is 0. The molecule has 1 rings (SSSR count). The van der Waals surface area contributed by atoms with Crippen molar-refractivity contribution in [2.24, 2.45) is 0 Å². The summed E-state index contributed by atoms with van der Waals surface area (Å²) in [5, 5.41) is 29.0. The molecule has 5 heteroatoms. The molecular weight excluding hydrogens is 224 g/mol. The van der Waals surface area contributed by atoms with Gasteiger partial charge in [0.05, 0.1) is 0 Å². The third-order valence-electron chi connectivity index (χ3n) is 2.78. The zero-order valence-corrected chi connectivity index (χ0v) is 9.95. The van der Waals surface area contributed by atoms with Crippen LogP contribution in [0.1, 0.15) is 32.6 Å². The van der Waals surface area contributed by atoms with Gasteiger partial charge in [0.25, 0.3) is 0 Å². The Balaban J connectivity index is 2.80. The van der Waals surface area contributed by atoms with Crippen LogP contribution in [0.3, 0.4) is 0 Å². The molecule has 0 aromatic carbocycles. The highest BCUT2D eigenvalue weighted by molar-refractivity contribution is 5.74. The van der Waals surface area contributed by atoms with E-state index >= 15 is 0 Å². The SMILES string of the molecule is CCC[C@@H]1OC(=O)[C@H](O)CC/C=C/[C@@H](O)[C@@H]1O. The topological polar surface area (TPSA) is 87.0 Å². The molecule has 98 valence electrons. The van der Waals surface area contributed by atoms with Crippen LogP contribution in [-0.4, -0.2) is 45.7 Å². The van der Waals surface area contributed by atoms with E-state index in [1.165, 1.54) is 6.08 Å². The number of aliphatic hydroxyl groups excluding tert-OH is 3. The van der Waals surface area contributed by atoms with Gasteiger partial charge in [-0.3, -0.25) is 0 Å². The van der Waals surface area contributed by atoms with Crippen LogP contribution in [-0.2, 0) is 9.53 Å². The molecule has 0 fully saturated rings.